The van der Waals surface area contributed by atoms with Crippen LogP contribution < -0.4 is 36.1 Å². The van der Waals surface area contributed by atoms with E-state index in [1.165, 1.54) is 19.9 Å². The number of carboxylic acid groups (broad SMARTS) is 1. The largest absolute Gasteiger partial charge is 0.870 e. The van der Waals surface area contributed by atoms with E-state index in [9.17, 15) is 48.6 Å². The molecule has 5 rings (SSSR count). The minimum atomic E-state index is -1.61. The summed E-state index contributed by atoms with van der Waals surface area (Å²) in [5, 5.41) is 32.3. The van der Waals surface area contributed by atoms with Crippen molar-refractivity contribution in [3.8, 4) is 22.6 Å². The van der Waals surface area contributed by atoms with Crippen LogP contribution in [-0.4, -0.2) is 85.3 Å². The number of nitrogens with one attached hydrogen (secondary N) is 4. The van der Waals surface area contributed by atoms with Crippen molar-refractivity contribution in [1.82, 2.24) is 20.9 Å². The topological polar surface area (TPSA) is 282 Å². The zero-order chi connectivity index (χ0) is 48.9. The number of anilines is 1. The van der Waals surface area contributed by atoms with E-state index in [0.29, 0.717) is 17.2 Å². The fourth-order valence-corrected chi connectivity index (χ4v) is 6.55. The molecule has 0 saturated carbocycles. The van der Waals surface area contributed by atoms with Gasteiger partial charge in [0.05, 0.1) is 41.5 Å². The number of aliphatic imine (C=N–C) groups is 1. The number of amidine groups is 1. The van der Waals surface area contributed by atoms with Gasteiger partial charge in [-0.1, -0.05) is 92.9 Å². The van der Waals surface area contributed by atoms with Crippen LogP contribution in [0, 0.1) is 11.8 Å². The molecule has 0 radical (unpaired) electrons. The second kappa shape index (κ2) is 24.0. The Balaban J connectivity index is 0.0000101. The summed E-state index contributed by atoms with van der Waals surface area (Å²) in [6.45, 7) is 10.7. The minimum Gasteiger partial charge on any atom is -0.870 e. The molecule has 2 atom stereocenters. The molecule has 20 heteroatoms. The number of hydrogen-bond acceptors (Lipinski definition) is 13. The number of hydrogen-bond donors (Lipinski definition) is 5. The van der Waals surface area contributed by atoms with Crippen LogP contribution in [0.1, 0.15) is 77.0 Å². The summed E-state index contributed by atoms with van der Waals surface area (Å²) in [5.74, 6) is -9.93. The average molecular weight is 980 g/mol. The van der Waals surface area contributed by atoms with Crippen molar-refractivity contribution >= 4 is 71.3 Å². The van der Waals surface area contributed by atoms with E-state index in [4.69, 9.17) is 19.5 Å². The summed E-state index contributed by atoms with van der Waals surface area (Å²) >= 11 is 0. The van der Waals surface area contributed by atoms with Crippen LogP contribution in [0.15, 0.2) is 101 Å². The quantitative estimate of drug-likeness (QED) is 0.0384. The molecule has 4 aromatic rings. The van der Waals surface area contributed by atoms with E-state index in [2.05, 4.69) is 32.6 Å². The molecule has 0 saturated heterocycles. The van der Waals surface area contributed by atoms with Crippen molar-refractivity contribution in [1.29, 1.82) is 0 Å². The predicted octanol–water partition coefficient (Wildman–Crippen LogP) is 4.01. The molecule has 1 aliphatic heterocycles. The van der Waals surface area contributed by atoms with Gasteiger partial charge in [-0.05, 0) is 61.1 Å². The zero-order valence-electron chi connectivity index (χ0n) is 37.7. The Kier molecular flexibility index (Phi) is 18.6. The molecule has 19 nitrogen and oxygen atoms in total. The number of nitrogens with zero attached hydrogens (tertiary/aromatic N) is 2. The van der Waals surface area contributed by atoms with Crippen molar-refractivity contribution < 1.29 is 82.3 Å². The number of aromatic carboxylic acids is 1. The van der Waals surface area contributed by atoms with Crippen molar-refractivity contribution in [3.05, 3.63) is 124 Å². The van der Waals surface area contributed by atoms with Crippen LogP contribution in [0.2, 0.25) is 0 Å². The van der Waals surface area contributed by atoms with Crippen LogP contribution in [0.4, 0.5) is 5.82 Å². The summed E-state index contributed by atoms with van der Waals surface area (Å²) in [6, 6.07) is 18.6. The average Bonchev–Trinajstić information content (AvgIpc) is 3.85. The van der Waals surface area contributed by atoms with E-state index in [0.717, 1.165) is 6.07 Å². The van der Waals surface area contributed by atoms with E-state index in [1.807, 2.05) is 0 Å². The van der Waals surface area contributed by atoms with Gasteiger partial charge in [-0.15, -0.1) is 0 Å². The Labute approximate surface area is 402 Å². The second-order valence-electron chi connectivity index (χ2n) is 14.9. The Hall–Kier alpha value is -7.99. The zero-order valence-corrected chi connectivity index (χ0v) is 40.7. The smallest absolute Gasteiger partial charge is 0.342 e. The Bertz CT molecular complexity index is 2730. The van der Waals surface area contributed by atoms with Crippen molar-refractivity contribution in [3.63, 3.8) is 0 Å². The molecule has 0 spiro atoms. The molecule has 3 aromatic carbocycles. The molecule has 2 unspecified atom stereocenters. The number of rotatable bonds is 19. The molecule has 0 aliphatic carbocycles. The first kappa shape index (κ1) is 52.6. The van der Waals surface area contributed by atoms with Gasteiger partial charge < -0.3 is 50.7 Å². The number of carbonyl (C=O) groups is 8. The molecular weight excluding hydrogens is 934 g/mol. The SMILES string of the molecule is C=C(C)C(=O)NCC(C)C(=O)NC1=N/C(=C\c2[n-]c(NC(=O)C(C)CNC(=O)c3cc(OC=O)c([O-])cc3C(=O)O)c(C(=O)OCC)c2-c2ccccc2)C(c2ccccc2)=C1C(=O)OCC.[Zn]. The summed E-state index contributed by atoms with van der Waals surface area (Å²) in [7, 11) is 0. The first-order chi connectivity index (χ1) is 32.0. The molecule has 4 amide bonds. The first-order valence-corrected chi connectivity index (χ1v) is 20.7. The summed E-state index contributed by atoms with van der Waals surface area (Å²) < 4.78 is 15.5. The third-order valence-electron chi connectivity index (χ3n) is 9.95. The van der Waals surface area contributed by atoms with Gasteiger partial charge in [0.25, 0.3) is 12.4 Å². The number of allylic oxidation sites excluding steroid dienone is 1. The number of benzene rings is 3. The van der Waals surface area contributed by atoms with E-state index in [-0.39, 0.29) is 96.6 Å². The van der Waals surface area contributed by atoms with Gasteiger partial charge in [-0.2, -0.15) is 0 Å². The van der Waals surface area contributed by atoms with Crippen LogP contribution in [0.25, 0.3) is 22.8 Å². The summed E-state index contributed by atoms with van der Waals surface area (Å²) in [4.78, 5) is 113. The van der Waals surface area contributed by atoms with E-state index in [1.54, 1.807) is 81.4 Å². The standard InChI is InChI=1S/C48H48N6O13.Zn/c1-7-65-47(63)38-36(28-15-11-9-12-16-28)32(51-40(38)53-43(58)26(5)22-49-42(57)25(3)4)21-33-37(29-17-13-10-14-18-29)39(48(64)66-8-2)41(52-33)54-44(59)27(6)23-50-45(60)30-20-35(67-24-55)34(56)19-31(30)46(61)62;/h9-21,24,26-27H,3,7-8,22-23H2,1-2,4-6H3,(H7,49,50,51,52,53,54,56,57,58,59,60,61,62,63,64);/p-2. The first-order valence-electron chi connectivity index (χ1n) is 20.7. The van der Waals surface area contributed by atoms with Gasteiger partial charge in [0.1, 0.15) is 23.1 Å². The fraction of sp³-hybridized carbons (Fsp3) is 0.229. The number of esters is 2. The van der Waals surface area contributed by atoms with Crippen LogP contribution in [0.3, 0.4) is 0 Å². The number of carboxylic acids is 1. The molecule has 1 aromatic heterocycles. The number of amides is 4. The predicted molar refractivity (Wildman–Crippen MR) is 241 cm³/mol. The molecule has 0 fully saturated rings. The van der Waals surface area contributed by atoms with Crippen molar-refractivity contribution in [2.24, 2.45) is 16.8 Å². The maximum atomic E-state index is 13.9. The van der Waals surface area contributed by atoms with Crippen molar-refractivity contribution in [2.45, 2.75) is 34.6 Å². The summed E-state index contributed by atoms with van der Waals surface area (Å²) in [5.41, 5.74) is 0.336. The molecule has 0 bridgehead atoms. The van der Waals surface area contributed by atoms with Crippen LogP contribution in [0.5, 0.6) is 11.5 Å². The van der Waals surface area contributed by atoms with Crippen LogP contribution >= 0.6 is 0 Å². The minimum absolute atomic E-state index is 0. The van der Waals surface area contributed by atoms with E-state index < -0.39 is 82.5 Å². The number of ether oxygens (including phenoxy) is 3. The maximum absolute atomic E-state index is 13.9. The second-order valence-corrected chi connectivity index (χ2v) is 14.9. The fourth-order valence-electron chi connectivity index (χ4n) is 6.55. The normalized spacial score (nSPS) is 13.2. The Morgan fingerprint density at radius 1 is 0.824 bits per heavy atom. The van der Waals surface area contributed by atoms with Crippen LogP contribution in [-0.2, 0) is 52.9 Å². The maximum Gasteiger partial charge on any atom is 0.342 e. The van der Waals surface area contributed by atoms with Gasteiger partial charge in [0.2, 0.25) is 11.8 Å². The van der Waals surface area contributed by atoms with E-state index >= 15 is 0 Å². The van der Waals surface area contributed by atoms with Gasteiger partial charge >= 0.3 is 17.9 Å². The van der Waals surface area contributed by atoms with Gasteiger partial charge in [-0.3, -0.25) is 24.0 Å². The Morgan fingerprint density at radius 2 is 1.40 bits per heavy atom. The number of carbonyl (C=O) groups excluding carboxylic acids is 7. The molecule has 68 heavy (non-hydrogen) atoms. The van der Waals surface area contributed by atoms with Gasteiger partial charge in [0, 0.05) is 49.6 Å². The third-order valence-corrected chi connectivity index (χ3v) is 9.95. The molecule has 350 valence electrons. The third kappa shape index (κ3) is 12.5. The van der Waals surface area contributed by atoms with Gasteiger partial charge in [0.15, 0.2) is 0 Å². The Morgan fingerprint density at radius 3 is 1.97 bits per heavy atom. The molecular formula is C48H46N6O13Zn-2. The summed E-state index contributed by atoms with van der Waals surface area (Å²) in [6.07, 6.45) is 1.47. The number of aromatic nitrogens is 1. The monoisotopic (exact) mass is 978 g/mol. The molecule has 1 aliphatic rings. The molecule has 2 heterocycles. The molecule has 5 N–H and O–H groups in total. The van der Waals surface area contributed by atoms with Gasteiger partial charge in [-0.25, -0.2) is 19.4 Å². The van der Waals surface area contributed by atoms with Crippen molar-refractivity contribution in [2.75, 3.05) is 31.6 Å².